The van der Waals surface area contributed by atoms with Gasteiger partial charge in [-0.3, -0.25) is 0 Å². The minimum absolute atomic E-state index is 0.0443. The molecule has 168 valence electrons. The minimum atomic E-state index is -3.34. The minimum Gasteiger partial charge on any atom is -0.396 e. The molecular weight excluding hydrogens is 426 g/mol. The Morgan fingerprint density at radius 3 is 2.75 bits per heavy atom. The molecule has 2 aliphatic rings. The highest BCUT2D eigenvalue weighted by Gasteiger charge is 2.38. The van der Waals surface area contributed by atoms with Gasteiger partial charge in [0.15, 0.2) is 9.84 Å². The lowest BCUT2D eigenvalue weighted by molar-refractivity contribution is -0.0510. The van der Waals surface area contributed by atoms with Crippen molar-refractivity contribution < 1.29 is 18.3 Å². The van der Waals surface area contributed by atoms with Gasteiger partial charge in [0.1, 0.15) is 5.82 Å². The van der Waals surface area contributed by atoms with Crippen LogP contribution in [0.15, 0.2) is 53.4 Å². The lowest BCUT2D eigenvalue weighted by Gasteiger charge is -2.43. The van der Waals surface area contributed by atoms with E-state index in [2.05, 4.69) is 11.4 Å². The molecule has 0 bridgehead atoms. The van der Waals surface area contributed by atoms with Gasteiger partial charge in [-0.2, -0.15) is 0 Å². The Kier molecular flexibility index (Phi) is 5.31. The number of aromatic nitrogens is 1. The number of pyridine rings is 1. The van der Waals surface area contributed by atoms with Crippen LogP contribution in [0.4, 0.5) is 11.5 Å². The molecule has 0 aliphatic carbocycles. The number of aliphatic hydroxyl groups excluding tert-OH is 1. The topological polar surface area (TPSA) is 91.8 Å². The van der Waals surface area contributed by atoms with Gasteiger partial charge in [-0.05, 0) is 37.1 Å². The van der Waals surface area contributed by atoms with E-state index in [4.69, 9.17) is 9.72 Å². The second kappa shape index (κ2) is 8.03. The lowest BCUT2D eigenvalue weighted by Crippen LogP contribution is -2.56. The van der Waals surface area contributed by atoms with Gasteiger partial charge in [0, 0.05) is 36.8 Å². The molecule has 1 fully saturated rings. The predicted octanol–water partition coefficient (Wildman–Crippen LogP) is 2.90. The van der Waals surface area contributed by atoms with E-state index in [9.17, 15) is 13.5 Å². The van der Waals surface area contributed by atoms with Crippen molar-refractivity contribution in [1.82, 2.24) is 4.98 Å². The van der Waals surface area contributed by atoms with Crippen molar-refractivity contribution in [3.8, 4) is 0 Å². The van der Waals surface area contributed by atoms with Gasteiger partial charge in [0.25, 0.3) is 0 Å². The monoisotopic (exact) mass is 453 g/mol. The molecule has 0 atom stereocenters. The Labute approximate surface area is 188 Å². The zero-order valence-electron chi connectivity index (χ0n) is 18.0. The summed E-state index contributed by atoms with van der Waals surface area (Å²) in [5.41, 5.74) is 3.38. The molecule has 2 aromatic carbocycles. The second-order valence-corrected chi connectivity index (χ2v) is 10.8. The highest BCUT2D eigenvalue weighted by atomic mass is 32.2. The van der Waals surface area contributed by atoms with Gasteiger partial charge in [-0.15, -0.1) is 0 Å². The van der Waals surface area contributed by atoms with Crippen LogP contribution in [0.1, 0.15) is 17.5 Å². The molecule has 2 aliphatic heterocycles. The normalized spacial score (nSPS) is 19.1. The smallest absolute Gasteiger partial charge is 0.180 e. The number of nitrogens with zero attached hydrogens (tertiary/aromatic N) is 2. The van der Waals surface area contributed by atoms with E-state index >= 15 is 0 Å². The van der Waals surface area contributed by atoms with Crippen molar-refractivity contribution in [2.45, 2.75) is 30.3 Å². The predicted molar refractivity (Wildman–Crippen MR) is 125 cm³/mol. The summed E-state index contributed by atoms with van der Waals surface area (Å²) < 4.78 is 31.0. The Balaban J connectivity index is 1.58. The third-order valence-electron chi connectivity index (χ3n) is 6.32. The van der Waals surface area contributed by atoms with Crippen LogP contribution in [-0.2, 0) is 21.1 Å². The van der Waals surface area contributed by atoms with Gasteiger partial charge < -0.3 is 20.1 Å². The molecule has 0 radical (unpaired) electrons. The van der Waals surface area contributed by atoms with Gasteiger partial charge in [0.2, 0.25) is 0 Å². The van der Waals surface area contributed by atoms with E-state index in [1.165, 1.54) is 0 Å². The third-order valence-corrected chi connectivity index (χ3v) is 8.11. The van der Waals surface area contributed by atoms with Gasteiger partial charge in [-0.25, -0.2) is 13.4 Å². The molecule has 3 aromatic rings. The number of hydrogen-bond acceptors (Lipinski definition) is 7. The molecule has 1 saturated heterocycles. The Morgan fingerprint density at radius 1 is 1.19 bits per heavy atom. The first kappa shape index (κ1) is 21.2. The van der Waals surface area contributed by atoms with E-state index < -0.39 is 9.84 Å². The number of ether oxygens (including phenoxy) is 1. The lowest BCUT2D eigenvalue weighted by atomic mass is 9.92. The average Bonchev–Trinajstić information content (AvgIpc) is 2.88. The molecule has 0 amide bonds. The first-order valence-electron chi connectivity index (χ1n) is 10.8. The van der Waals surface area contributed by atoms with Crippen molar-refractivity contribution in [3.05, 3.63) is 59.7 Å². The van der Waals surface area contributed by atoms with E-state index in [0.717, 1.165) is 33.5 Å². The van der Waals surface area contributed by atoms with Crippen LogP contribution >= 0.6 is 0 Å². The first-order chi connectivity index (χ1) is 15.4. The van der Waals surface area contributed by atoms with Crippen molar-refractivity contribution in [2.24, 2.45) is 0 Å². The number of rotatable bonds is 5. The average molecular weight is 454 g/mol. The van der Waals surface area contributed by atoms with E-state index in [1.54, 1.807) is 12.1 Å². The van der Waals surface area contributed by atoms with Crippen LogP contribution in [0.2, 0.25) is 0 Å². The summed E-state index contributed by atoms with van der Waals surface area (Å²) in [6, 6.07) is 15.3. The van der Waals surface area contributed by atoms with Crippen LogP contribution < -0.4 is 10.2 Å². The summed E-state index contributed by atoms with van der Waals surface area (Å²) in [7, 11) is -3.34. The molecule has 32 heavy (non-hydrogen) atoms. The standard InChI is InChI=1S/C24H27N3O4S/c1-17-6-7-20-19(12-17)21(26-24(8-10-28)15-31-16-24)13-23(25-20)27-9-11-32(29,30)22-5-3-2-4-18(22)14-27/h2-7,12-13,28H,8-11,14-16H2,1H3,(H,25,26). The van der Waals surface area contributed by atoms with E-state index in [0.29, 0.717) is 37.6 Å². The summed E-state index contributed by atoms with van der Waals surface area (Å²) in [4.78, 5) is 7.33. The molecule has 5 rings (SSSR count). The van der Waals surface area contributed by atoms with E-state index in [1.807, 2.05) is 42.2 Å². The summed E-state index contributed by atoms with van der Waals surface area (Å²) in [6.45, 7) is 4.03. The quantitative estimate of drug-likeness (QED) is 0.614. The maximum absolute atomic E-state index is 12.8. The van der Waals surface area contributed by atoms with E-state index in [-0.39, 0.29) is 17.9 Å². The summed E-state index contributed by atoms with van der Waals surface area (Å²) in [5, 5.41) is 14.2. The Morgan fingerprint density at radius 2 is 2.00 bits per heavy atom. The van der Waals surface area contributed by atoms with Gasteiger partial charge in [-0.1, -0.05) is 29.8 Å². The fraction of sp³-hybridized carbons (Fsp3) is 0.375. The third kappa shape index (κ3) is 3.83. The van der Waals surface area contributed by atoms with Gasteiger partial charge in [0.05, 0.1) is 34.9 Å². The Hall–Kier alpha value is -2.68. The molecule has 7 nitrogen and oxygen atoms in total. The van der Waals surface area contributed by atoms with Crippen LogP contribution in [0.3, 0.4) is 0 Å². The van der Waals surface area contributed by atoms with Crippen molar-refractivity contribution in [3.63, 3.8) is 0 Å². The van der Waals surface area contributed by atoms with Crippen molar-refractivity contribution >= 4 is 32.2 Å². The fourth-order valence-electron chi connectivity index (χ4n) is 4.48. The van der Waals surface area contributed by atoms with Crippen LogP contribution in [0, 0.1) is 6.92 Å². The summed E-state index contributed by atoms with van der Waals surface area (Å²) in [6.07, 6.45) is 0.591. The highest BCUT2D eigenvalue weighted by molar-refractivity contribution is 7.91. The maximum atomic E-state index is 12.8. The summed E-state index contributed by atoms with van der Waals surface area (Å²) in [5.74, 6) is 0.776. The van der Waals surface area contributed by atoms with Crippen molar-refractivity contribution in [1.29, 1.82) is 0 Å². The van der Waals surface area contributed by atoms with Gasteiger partial charge >= 0.3 is 0 Å². The van der Waals surface area contributed by atoms with Crippen LogP contribution in [0.25, 0.3) is 10.9 Å². The zero-order chi connectivity index (χ0) is 22.3. The largest absolute Gasteiger partial charge is 0.396 e. The fourth-order valence-corrected chi connectivity index (χ4v) is 5.98. The number of aliphatic hydroxyl groups is 1. The SMILES string of the molecule is Cc1ccc2nc(N3CCS(=O)(=O)c4ccccc4C3)cc(NC3(CCO)COC3)c2c1. The molecule has 0 unspecified atom stereocenters. The number of benzene rings is 2. The van der Waals surface area contributed by atoms with Crippen LogP contribution in [0.5, 0.6) is 0 Å². The number of fused-ring (bicyclic) bond motifs is 2. The molecule has 1 aromatic heterocycles. The Bertz CT molecular complexity index is 1270. The molecule has 8 heteroatoms. The maximum Gasteiger partial charge on any atom is 0.180 e. The number of hydrogen-bond donors (Lipinski definition) is 2. The number of anilines is 2. The molecule has 3 heterocycles. The second-order valence-electron chi connectivity index (χ2n) is 8.77. The highest BCUT2D eigenvalue weighted by Crippen LogP contribution is 2.35. The van der Waals surface area contributed by atoms with Crippen LogP contribution in [-0.4, -0.2) is 56.2 Å². The molecule has 0 spiro atoms. The molecule has 2 N–H and O–H groups in total. The zero-order valence-corrected chi connectivity index (χ0v) is 18.9. The number of sulfone groups is 1. The summed E-state index contributed by atoms with van der Waals surface area (Å²) >= 11 is 0. The molecule has 0 saturated carbocycles. The van der Waals surface area contributed by atoms with Crippen molar-refractivity contribution in [2.75, 3.05) is 42.3 Å². The number of nitrogens with one attached hydrogen (secondary N) is 1. The number of aryl methyl sites for hydroxylation is 1. The first-order valence-corrected chi connectivity index (χ1v) is 12.5. The molecular formula is C24H27N3O4S.